The maximum absolute atomic E-state index is 5.84. The first kappa shape index (κ1) is 13.8. The van der Waals surface area contributed by atoms with Gasteiger partial charge in [0.2, 0.25) is 0 Å². The highest BCUT2D eigenvalue weighted by Gasteiger charge is 2.22. The number of nitrogens with two attached hydrogens (primary N) is 1. The first-order valence-corrected chi connectivity index (χ1v) is 7.21. The smallest absolute Gasteiger partial charge is 0.0762 e. The SMILES string of the molecule is COC1CCN(c2ccc(CC(C)N)c(Br)c2)C1. The van der Waals surface area contributed by atoms with Crippen LogP contribution in [0.1, 0.15) is 18.9 Å². The molecule has 1 aliphatic rings. The van der Waals surface area contributed by atoms with E-state index < -0.39 is 0 Å². The summed E-state index contributed by atoms with van der Waals surface area (Å²) in [5.74, 6) is 0. The molecule has 2 atom stereocenters. The molecule has 0 saturated carbocycles. The molecular weight excluding hydrogens is 292 g/mol. The molecule has 2 N–H and O–H groups in total. The molecule has 2 unspecified atom stereocenters. The largest absolute Gasteiger partial charge is 0.380 e. The lowest BCUT2D eigenvalue weighted by molar-refractivity contribution is 0.121. The van der Waals surface area contributed by atoms with Crippen LogP contribution >= 0.6 is 15.9 Å². The van der Waals surface area contributed by atoms with E-state index in [2.05, 4.69) is 39.0 Å². The summed E-state index contributed by atoms with van der Waals surface area (Å²) in [6, 6.07) is 6.73. The standard InChI is InChI=1S/C14H21BrN2O/c1-10(16)7-11-3-4-12(8-14(11)15)17-6-5-13(9-17)18-2/h3-4,8,10,13H,5-7,9,16H2,1-2H3. The van der Waals surface area contributed by atoms with E-state index >= 15 is 0 Å². The molecule has 0 amide bonds. The third kappa shape index (κ3) is 3.25. The number of hydrogen-bond donors (Lipinski definition) is 1. The van der Waals surface area contributed by atoms with Gasteiger partial charge >= 0.3 is 0 Å². The molecule has 100 valence electrons. The summed E-state index contributed by atoms with van der Waals surface area (Å²) < 4.78 is 6.55. The first-order valence-electron chi connectivity index (χ1n) is 6.42. The molecule has 1 aromatic rings. The molecule has 1 saturated heterocycles. The van der Waals surface area contributed by atoms with Gasteiger partial charge in [0, 0.05) is 36.4 Å². The highest BCUT2D eigenvalue weighted by Crippen LogP contribution is 2.27. The van der Waals surface area contributed by atoms with Crippen molar-refractivity contribution in [1.29, 1.82) is 0 Å². The van der Waals surface area contributed by atoms with Gasteiger partial charge in [-0.1, -0.05) is 22.0 Å². The number of hydrogen-bond acceptors (Lipinski definition) is 3. The number of rotatable bonds is 4. The van der Waals surface area contributed by atoms with Gasteiger partial charge in [0.25, 0.3) is 0 Å². The van der Waals surface area contributed by atoms with Crippen LogP contribution in [0.2, 0.25) is 0 Å². The van der Waals surface area contributed by atoms with Crippen molar-refractivity contribution in [2.45, 2.75) is 31.9 Å². The van der Waals surface area contributed by atoms with E-state index in [1.807, 2.05) is 6.92 Å². The number of nitrogens with zero attached hydrogens (tertiary/aromatic N) is 1. The van der Waals surface area contributed by atoms with Gasteiger partial charge in [-0.2, -0.15) is 0 Å². The molecule has 0 aliphatic carbocycles. The molecular formula is C14H21BrN2O. The fourth-order valence-electron chi connectivity index (χ4n) is 2.40. The van der Waals surface area contributed by atoms with Crippen molar-refractivity contribution in [3.05, 3.63) is 28.2 Å². The Morgan fingerprint density at radius 2 is 2.33 bits per heavy atom. The summed E-state index contributed by atoms with van der Waals surface area (Å²) >= 11 is 3.64. The van der Waals surface area contributed by atoms with E-state index in [0.29, 0.717) is 6.10 Å². The molecule has 0 radical (unpaired) electrons. The van der Waals surface area contributed by atoms with E-state index in [1.165, 1.54) is 11.3 Å². The van der Waals surface area contributed by atoms with Crippen molar-refractivity contribution in [3.63, 3.8) is 0 Å². The lowest BCUT2D eigenvalue weighted by atomic mass is 10.1. The maximum atomic E-state index is 5.84. The van der Waals surface area contributed by atoms with Crippen LogP contribution in [0.5, 0.6) is 0 Å². The van der Waals surface area contributed by atoms with Crippen molar-refractivity contribution in [2.24, 2.45) is 5.73 Å². The van der Waals surface area contributed by atoms with Crippen molar-refractivity contribution < 1.29 is 4.74 Å². The van der Waals surface area contributed by atoms with Gasteiger partial charge in [-0.05, 0) is 37.5 Å². The average molecular weight is 313 g/mol. The van der Waals surface area contributed by atoms with Crippen molar-refractivity contribution in [1.82, 2.24) is 0 Å². The van der Waals surface area contributed by atoms with Gasteiger partial charge in [-0.15, -0.1) is 0 Å². The number of benzene rings is 1. The topological polar surface area (TPSA) is 38.5 Å². The van der Waals surface area contributed by atoms with Crippen LogP contribution in [0.3, 0.4) is 0 Å². The summed E-state index contributed by atoms with van der Waals surface area (Å²) in [4.78, 5) is 2.37. The minimum absolute atomic E-state index is 0.191. The Morgan fingerprint density at radius 3 is 2.89 bits per heavy atom. The van der Waals surface area contributed by atoms with Crippen molar-refractivity contribution in [2.75, 3.05) is 25.1 Å². The summed E-state index contributed by atoms with van der Waals surface area (Å²) in [6.45, 7) is 4.08. The Balaban J connectivity index is 2.09. The molecule has 1 aliphatic heterocycles. The number of ether oxygens (including phenoxy) is 1. The minimum atomic E-state index is 0.191. The Bertz CT molecular complexity index is 409. The molecule has 0 spiro atoms. The van der Waals surface area contributed by atoms with Gasteiger partial charge in [0.05, 0.1) is 6.10 Å². The predicted molar refractivity (Wildman–Crippen MR) is 79.1 cm³/mol. The highest BCUT2D eigenvalue weighted by atomic mass is 79.9. The number of halogens is 1. The Kier molecular flexibility index (Phi) is 4.65. The zero-order valence-electron chi connectivity index (χ0n) is 11.0. The zero-order valence-corrected chi connectivity index (χ0v) is 12.6. The average Bonchev–Trinajstić information content (AvgIpc) is 2.80. The van der Waals surface area contributed by atoms with Crippen LogP contribution in [0, 0.1) is 0 Å². The second kappa shape index (κ2) is 6.04. The van der Waals surface area contributed by atoms with Crippen LogP contribution in [0.25, 0.3) is 0 Å². The van der Waals surface area contributed by atoms with Crippen LogP contribution < -0.4 is 10.6 Å². The molecule has 1 fully saturated rings. The van der Waals surface area contributed by atoms with Crippen LogP contribution in [-0.4, -0.2) is 32.3 Å². The van der Waals surface area contributed by atoms with Gasteiger partial charge in [-0.3, -0.25) is 0 Å². The Hall–Kier alpha value is -0.580. The van der Waals surface area contributed by atoms with Crippen molar-refractivity contribution in [3.8, 4) is 0 Å². The quantitative estimate of drug-likeness (QED) is 0.928. The van der Waals surface area contributed by atoms with Gasteiger partial charge in [0.15, 0.2) is 0 Å². The van der Waals surface area contributed by atoms with E-state index in [4.69, 9.17) is 10.5 Å². The third-order valence-electron chi connectivity index (χ3n) is 3.42. The highest BCUT2D eigenvalue weighted by molar-refractivity contribution is 9.10. The lowest BCUT2D eigenvalue weighted by Gasteiger charge is -2.20. The van der Waals surface area contributed by atoms with Crippen molar-refractivity contribution >= 4 is 21.6 Å². The molecule has 1 aromatic carbocycles. The molecule has 0 bridgehead atoms. The second-order valence-corrected chi connectivity index (χ2v) is 5.90. The number of anilines is 1. The second-order valence-electron chi connectivity index (χ2n) is 5.05. The van der Waals surface area contributed by atoms with Gasteiger partial charge in [-0.25, -0.2) is 0 Å². The number of methoxy groups -OCH3 is 1. The van der Waals surface area contributed by atoms with E-state index in [-0.39, 0.29) is 6.04 Å². The molecule has 2 rings (SSSR count). The Labute approximate surface area is 117 Å². The van der Waals surface area contributed by atoms with Crippen LogP contribution in [0.15, 0.2) is 22.7 Å². The molecule has 4 heteroatoms. The first-order chi connectivity index (χ1) is 8.60. The Morgan fingerprint density at radius 1 is 1.56 bits per heavy atom. The summed E-state index contributed by atoms with van der Waals surface area (Å²) in [5, 5.41) is 0. The fourth-order valence-corrected chi connectivity index (χ4v) is 2.93. The maximum Gasteiger partial charge on any atom is 0.0762 e. The van der Waals surface area contributed by atoms with Crippen LogP contribution in [-0.2, 0) is 11.2 Å². The molecule has 3 nitrogen and oxygen atoms in total. The summed E-state index contributed by atoms with van der Waals surface area (Å²) in [5.41, 5.74) is 8.38. The molecule has 18 heavy (non-hydrogen) atoms. The van der Waals surface area contributed by atoms with Gasteiger partial charge in [0.1, 0.15) is 0 Å². The minimum Gasteiger partial charge on any atom is -0.380 e. The predicted octanol–water partition coefficient (Wildman–Crippen LogP) is 2.56. The van der Waals surface area contributed by atoms with E-state index in [9.17, 15) is 0 Å². The summed E-state index contributed by atoms with van der Waals surface area (Å²) in [7, 11) is 1.79. The van der Waals surface area contributed by atoms with E-state index in [1.54, 1.807) is 7.11 Å². The summed E-state index contributed by atoms with van der Waals surface area (Å²) in [6.07, 6.45) is 2.38. The third-order valence-corrected chi connectivity index (χ3v) is 4.16. The van der Waals surface area contributed by atoms with E-state index in [0.717, 1.165) is 30.4 Å². The normalized spacial score (nSPS) is 21.3. The lowest BCUT2D eigenvalue weighted by Crippen LogP contribution is -2.22. The fraction of sp³-hybridized carbons (Fsp3) is 0.571. The molecule has 0 aromatic heterocycles. The van der Waals surface area contributed by atoms with Crippen LogP contribution in [0.4, 0.5) is 5.69 Å². The zero-order chi connectivity index (χ0) is 13.1. The van der Waals surface area contributed by atoms with Gasteiger partial charge < -0.3 is 15.4 Å². The molecule has 1 heterocycles. The monoisotopic (exact) mass is 312 g/mol.